The molecule has 3 heterocycles. The monoisotopic (exact) mass is 391 g/mol. The fraction of sp³-hybridized carbons (Fsp3) is 0.100. The number of nitrogens with one attached hydrogen (secondary N) is 1. The van der Waals surface area contributed by atoms with Gasteiger partial charge in [0.15, 0.2) is 11.6 Å². The van der Waals surface area contributed by atoms with Gasteiger partial charge in [-0.2, -0.15) is 5.10 Å². The summed E-state index contributed by atoms with van der Waals surface area (Å²) in [6.45, 7) is 2.47. The second kappa shape index (κ2) is 8.01. The van der Waals surface area contributed by atoms with Crippen molar-refractivity contribution in [2.24, 2.45) is 5.10 Å². The van der Waals surface area contributed by atoms with Crippen LogP contribution in [0.25, 0.3) is 20.7 Å². The van der Waals surface area contributed by atoms with Crippen molar-refractivity contribution in [2.75, 3.05) is 12.0 Å². The first-order valence-corrected chi connectivity index (χ1v) is 9.47. The molecule has 0 aliphatic heterocycles. The number of ether oxygens (including phenoxy) is 1. The third kappa shape index (κ3) is 3.49. The lowest BCUT2D eigenvalue weighted by Crippen LogP contribution is -1.94. The molecule has 140 valence electrons. The number of thiophene rings is 1. The van der Waals surface area contributed by atoms with Crippen molar-refractivity contribution in [3.05, 3.63) is 60.7 Å². The number of para-hydroxylation sites is 1. The Morgan fingerprint density at radius 3 is 2.93 bits per heavy atom. The SMILES string of the molecule is CCOc1ccccc1-c1sc2c(NN=Cc3cccnc3)ncnc2c1O. The summed E-state index contributed by atoms with van der Waals surface area (Å²) in [5.41, 5.74) is 5.08. The van der Waals surface area contributed by atoms with E-state index in [1.54, 1.807) is 18.6 Å². The van der Waals surface area contributed by atoms with E-state index < -0.39 is 0 Å². The number of aromatic nitrogens is 3. The molecule has 0 fully saturated rings. The van der Waals surface area contributed by atoms with Crippen molar-refractivity contribution in [3.8, 4) is 21.9 Å². The largest absolute Gasteiger partial charge is 0.504 e. The van der Waals surface area contributed by atoms with Crippen LogP contribution in [0.1, 0.15) is 12.5 Å². The van der Waals surface area contributed by atoms with Crippen LogP contribution in [0, 0.1) is 0 Å². The highest BCUT2D eigenvalue weighted by molar-refractivity contribution is 7.23. The Kier molecular flexibility index (Phi) is 5.11. The predicted octanol–water partition coefficient (Wildman–Crippen LogP) is 4.30. The summed E-state index contributed by atoms with van der Waals surface area (Å²) < 4.78 is 6.41. The van der Waals surface area contributed by atoms with Crippen molar-refractivity contribution >= 4 is 33.6 Å². The lowest BCUT2D eigenvalue weighted by atomic mass is 10.1. The van der Waals surface area contributed by atoms with Crippen molar-refractivity contribution in [3.63, 3.8) is 0 Å². The molecule has 0 unspecified atom stereocenters. The number of rotatable bonds is 6. The first-order chi connectivity index (χ1) is 13.8. The average Bonchev–Trinajstić information content (AvgIpc) is 3.07. The van der Waals surface area contributed by atoms with E-state index in [2.05, 4.69) is 25.5 Å². The van der Waals surface area contributed by atoms with Gasteiger partial charge in [-0.1, -0.05) is 18.2 Å². The Bertz CT molecular complexity index is 1130. The normalized spacial score (nSPS) is 11.2. The molecular weight excluding hydrogens is 374 g/mol. The number of pyridine rings is 1. The van der Waals surface area contributed by atoms with E-state index in [4.69, 9.17) is 4.74 Å². The molecule has 0 amide bonds. The van der Waals surface area contributed by atoms with Crippen LogP contribution in [-0.4, -0.2) is 32.9 Å². The quantitative estimate of drug-likeness (QED) is 0.376. The molecule has 0 aliphatic carbocycles. The molecular formula is C20H17N5O2S. The number of fused-ring (bicyclic) bond motifs is 1. The Morgan fingerprint density at radius 2 is 2.11 bits per heavy atom. The summed E-state index contributed by atoms with van der Waals surface area (Å²) in [6.07, 6.45) is 6.46. The minimum atomic E-state index is 0.105. The van der Waals surface area contributed by atoms with Crippen LogP contribution in [-0.2, 0) is 0 Å². The van der Waals surface area contributed by atoms with Crippen LogP contribution in [0.4, 0.5) is 5.82 Å². The zero-order valence-electron chi connectivity index (χ0n) is 15.0. The van der Waals surface area contributed by atoms with Crippen LogP contribution < -0.4 is 10.2 Å². The van der Waals surface area contributed by atoms with Gasteiger partial charge in [0.05, 0.1) is 17.7 Å². The van der Waals surface area contributed by atoms with Gasteiger partial charge in [0.2, 0.25) is 0 Å². The van der Waals surface area contributed by atoms with Crippen molar-refractivity contribution in [1.82, 2.24) is 15.0 Å². The van der Waals surface area contributed by atoms with Crippen LogP contribution in [0.15, 0.2) is 60.2 Å². The smallest absolute Gasteiger partial charge is 0.167 e. The molecule has 0 saturated heterocycles. The highest BCUT2D eigenvalue weighted by Gasteiger charge is 2.19. The van der Waals surface area contributed by atoms with E-state index in [1.165, 1.54) is 17.7 Å². The van der Waals surface area contributed by atoms with Crippen LogP contribution >= 0.6 is 11.3 Å². The third-order valence-corrected chi connectivity index (χ3v) is 5.16. The van der Waals surface area contributed by atoms with Gasteiger partial charge in [0.1, 0.15) is 22.3 Å². The Balaban J connectivity index is 1.72. The highest BCUT2D eigenvalue weighted by atomic mass is 32.1. The molecule has 7 nitrogen and oxygen atoms in total. The molecule has 0 aliphatic rings. The van der Waals surface area contributed by atoms with E-state index in [-0.39, 0.29) is 5.75 Å². The fourth-order valence-corrected chi connectivity index (χ4v) is 3.83. The van der Waals surface area contributed by atoms with Crippen LogP contribution in [0.3, 0.4) is 0 Å². The summed E-state index contributed by atoms with van der Waals surface area (Å²) in [5, 5.41) is 15.0. The number of aromatic hydroxyl groups is 1. The lowest BCUT2D eigenvalue weighted by Gasteiger charge is -2.08. The zero-order chi connectivity index (χ0) is 19.3. The van der Waals surface area contributed by atoms with E-state index in [0.717, 1.165) is 11.1 Å². The standard InChI is InChI=1S/C20H17N5O2S/c1-2-27-15-8-4-3-7-14(15)18-17(26)16-19(28-18)20(23-12-22-16)25-24-11-13-6-5-9-21-10-13/h3-12,26H,2H2,1H3,(H,22,23,25). The van der Waals surface area contributed by atoms with Gasteiger partial charge in [0, 0.05) is 23.5 Å². The number of hydrazone groups is 1. The molecule has 0 radical (unpaired) electrons. The first kappa shape index (κ1) is 17.9. The topological polar surface area (TPSA) is 92.5 Å². The maximum atomic E-state index is 10.8. The fourth-order valence-electron chi connectivity index (χ4n) is 2.72. The second-order valence-corrected chi connectivity index (χ2v) is 6.79. The summed E-state index contributed by atoms with van der Waals surface area (Å²) >= 11 is 1.39. The maximum absolute atomic E-state index is 10.8. The van der Waals surface area contributed by atoms with Crippen molar-refractivity contribution in [1.29, 1.82) is 0 Å². The van der Waals surface area contributed by atoms with Gasteiger partial charge in [-0.15, -0.1) is 11.3 Å². The molecule has 0 saturated carbocycles. The predicted molar refractivity (Wildman–Crippen MR) is 111 cm³/mol. The van der Waals surface area contributed by atoms with Gasteiger partial charge in [-0.25, -0.2) is 9.97 Å². The second-order valence-electron chi connectivity index (χ2n) is 5.77. The van der Waals surface area contributed by atoms with E-state index in [1.807, 2.05) is 43.3 Å². The number of hydrogen-bond donors (Lipinski definition) is 2. The summed E-state index contributed by atoms with van der Waals surface area (Å²) in [6, 6.07) is 11.3. The van der Waals surface area contributed by atoms with Gasteiger partial charge in [-0.3, -0.25) is 10.4 Å². The molecule has 1 aromatic carbocycles. The van der Waals surface area contributed by atoms with E-state index in [0.29, 0.717) is 33.3 Å². The van der Waals surface area contributed by atoms with Crippen LogP contribution in [0.2, 0.25) is 0 Å². The summed E-state index contributed by atoms with van der Waals surface area (Å²) in [5.74, 6) is 1.34. The van der Waals surface area contributed by atoms with E-state index >= 15 is 0 Å². The third-order valence-electron chi connectivity index (χ3n) is 3.95. The molecule has 3 aromatic heterocycles. The van der Waals surface area contributed by atoms with Crippen molar-refractivity contribution in [2.45, 2.75) is 6.92 Å². The van der Waals surface area contributed by atoms with Gasteiger partial charge >= 0.3 is 0 Å². The molecule has 0 spiro atoms. The van der Waals surface area contributed by atoms with Gasteiger partial charge in [0.25, 0.3) is 0 Å². The number of hydrogen-bond acceptors (Lipinski definition) is 8. The number of nitrogens with zero attached hydrogens (tertiary/aromatic N) is 4. The van der Waals surface area contributed by atoms with Crippen molar-refractivity contribution < 1.29 is 9.84 Å². The average molecular weight is 391 g/mol. The highest BCUT2D eigenvalue weighted by Crippen LogP contribution is 2.47. The Hall–Kier alpha value is -3.52. The Morgan fingerprint density at radius 1 is 1.21 bits per heavy atom. The maximum Gasteiger partial charge on any atom is 0.167 e. The minimum absolute atomic E-state index is 0.105. The lowest BCUT2D eigenvalue weighted by molar-refractivity contribution is 0.341. The van der Waals surface area contributed by atoms with E-state index in [9.17, 15) is 5.11 Å². The number of benzene rings is 1. The summed E-state index contributed by atoms with van der Waals surface area (Å²) in [4.78, 5) is 13.2. The van der Waals surface area contributed by atoms with Gasteiger partial charge < -0.3 is 9.84 Å². The summed E-state index contributed by atoms with van der Waals surface area (Å²) in [7, 11) is 0. The zero-order valence-corrected chi connectivity index (χ0v) is 15.8. The molecule has 0 atom stereocenters. The molecule has 28 heavy (non-hydrogen) atoms. The molecule has 4 aromatic rings. The number of anilines is 1. The molecule has 0 bridgehead atoms. The Labute approximate surface area is 165 Å². The minimum Gasteiger partial charge on any atom is -0.504 e. The molecule has 2 N–H and O–H groups in total. The molecule has 4 rings (SSSR count). The van der Waals surface area contributed by atoms with Crippen LogP contribution in [0.5, 0.6) is 11.5 Å². The molecule has 8 heteroatoms. The van der Waals surface area contributed by atoms with Gasteiger partial charge in [-0.05, 0) is 25.1 Å². The first-order valence-electron chi connectivity index (χ1n) is 8.65.